The van der Waals surface area contributed by atoms with Crippen molar-refractivity contribution >= 4 is 33.3 Å². The lowest BCUT2D eigenvalue weighted by atomic mass is 10.1. The van der Waals surface area contributed by atoms with Crippen molar-refractivity contribution in [3.8, 4) is 0 Å². The molecule has 4 aromatic rings. The zero-order valence-electron chi connectivity index (χ0n) is 14.7. The summed E-state index contributed by atoms with van der Waals surface area (Å²) in [5.41, 5.74) is 4.58. The van der Waals surface area contributed by atoms with E-state index in [9.17, 15) is 0 Å². The van der Waals surface area contributed by atoms with E-state index in [2.05, 4.69) is 84.5 Å². The van der Waals surface area contributed by atoms with E-state index in [0.29, 0.717) is 0 Å². The van der Waals surface area contributed by atoms with Gasteiger partial charge in [0.2, 0.25) is 5.52 Å². The molecule has 3 heteroatoms. The van der Waals surface area contributed by atoms with E-state index in [-0.39, 0.29) is 0 Å². The number of aryl methyl sites for hydroxylation is 2. The molecular weight excluding hydrogens is 306 g/mol. The van der Waals surface area contributed by atoms with Crippen molar-refractivity contribution in [3.63, 3.8) is 0 Å². The summed E-state index contributed by atoms with van der Waals surface area (Å²) in [7, 11) is 0. The molecule has 2 aromatic carbocycles. The van der Waals surface area contributed by atoms with Crippen molar-refractivity contribution in [2.45, 2.75) is 26.8 Å². The van der Waals surface area contributed by atoms with E-state index < -0.39 is 0 Å². The highest BCUT2D eigenvalue weighted by Crippen LogP contribution is 2.27. The van der Waals surface area contributed by atoms with Gasteiger partial charge < -0.3 is 5.32 Å². The highest BCUT2D eigenvalue weighted by molar-refractivity contribution is 5.91. The van der Waals surface area contributed by atoms with Gasteiger partial charge >= 0.3 is 0 Å². The van der Waals surface area contributed by atoms with Gasteiger partial charge in [-0.1, -0.05) is 37.3 Å². The molecule has 0 aliphatic carbocycles. The minimum absolute atomic E-state index is 0.944. The van der Waals surface area contributed by atoms with Crippen molar-refractivity contribution < 1.29 is 4.57 Å². The summed E-state index contributed by atoms with van der Waals surface area (Å²) in [6.07, 6.45) is 3.08. The molecule has 4 rings (SSSR count). The summed E-state index contributed by atoms with van der Waals surface area (Å²) in [6.45, 7) is 5.29. The van der Waals surface area contributed by atoms with Crippen LogP contribution in [0.4, 0.5) is 11.5 Å². The molecule has 0 atom stereocenters. The molecule has 0 amide bonds. The topological polar surface area (TPSA) is 28.8 Å². The first-order valence-corrected chi connectivity index (χ1v) is 8.87. The Hall–Kier alpha value is -2.94. The number of pyridine rings is 2. The van der Waals surface area contributed by atoms with Crippen LogP contribution < -0.4 is 9.88 Å². The maximum Gasteiger partial charge on any atom is 0.214 e. The van der Waals surface area contributed by atoms with Gasteiger partial charge in [-0.25, -0.2) is 4.98 Å². The molecule has 0 aliphatic heterocycles. The second-order valence-electron chi connectivity index (χ2n) is 6.20. The Bertz CT molecular complexity index is 1050. The average Bonchev–Trinajstić information content (AvgIpc) is 2.67. The van der Waals surface area contributed by atoms with Gasteiger partial charge in [-0.2, -0.15) is 4.57 Å². The normalized spacial score (nSPS) is 11.1. The minimum Gasteiger partial charge on any atom is -0.339 e. The summed E-state index contributed by atoms with van der Waals surface area (Å²) in [4.78, 5) is 4.87. The molecule has 0 bridgehead atoms. The van der Waals surface area contributed by atoms with Crippen LogP contribution in [0.3, 0.4) is 0 Å². The van der Waals surface area contributed by atoms with E-state index in [1.54, 1.807) is 0 Å². The third-order valence-corrected chi connectivity index (χ3v) is 4.70. The van der Waals surface area contributed by atoms with Gasteiger partial charge in [0.15, 0.2) is 6.20 Å². The quantitative estimate of drug-likeness (QED) is 0.534. The summed E-state index contributed by atoms with van der Waals surface area (Å²) < 4.78 is 2.26. The van der Waals surface area contributed by atoms with E-state index in [0.717, 1.165) is 30.0 Å². The lowest BCUT2D eigenvalue weighted by Crippen LogP contribution is -2.32. The zero-order valence-corrected chi connectivity index (χ0v) is 14.7. The largest absolute Gasteiger partial charge is 0.339 e. The number of rotatable bonds is 4. The van der Waals surface area contributed by atoms with Crippen LogP contribution in [-0.2, 0) is 13.0 Å². The minimum atomic E-state index is 0.944. The van der Waals surface area contributed by atoms with Crippen molar-refractivity contribution in [2.24, 2.45) is 0 Å². The van der Waals surface area contributed by atoms with E-state index in [4.69, 9.17) is 4.98 Å². The molecule has 0 saturated carbocycles. The van der Waals surface area contributed by atoms with Gasteiger partial charge in [0.05, 0.1) is 16.6 Å². The third kappa shape index (κ3) is 2.82. The molecule has 0 saturated heterocycles. The molecule has 0 aliphatic rings. The van der Waals surface area contributed by atoms with Crippen LogP contribution in [0.2, 0.25) is 0 Å². The number of anilines is 2. The van der Waals surface area contributed by atoms with Crippen LogP contribution in [0.5, 0.6) is 0 Å². The summed E-state index contributed by atoms with van der Waals surface area (Å²) in [5, 5.41) is 5.98. The Morgan fingerprint density at radius 2 is 1.76 bits per heavy atom. The van der Waals surface area contributed by atoms with Gasteiger partial charge in [-0.15, -0.1) is 0 Å². The fraction of sp³-hybridized carbons (Fsp3) is 0.182. The molecule has 2 heterocycles. The van der Waals surface area contributed by atoms with Crippen molar-refractivity contribution in [1.29, 1.82) is 0 Å². The van der Waals surface area contributed by atoms with Crippen LogP contribution in [0.15, 0.2) is 66.9 Å². The summed E-state index contributed by atoms with van der Waals surface area (Å²) >= 11 is 0. The number of nitrogens with zero attached hydrogens (tertiary/aromatic N) is 2. The van der Waals surface area contributed by atoms with Crippen LogP contribution in [0.1, 0.15) is 19.4 Å². The molecule has 3 nitrogen and oxygen atoms in total. The first-order valence-electron chi connectivity index (χ1n) is 8.87. The predicted octanol–water partition coefficient (Wildman–Crippen LogP) is 5.00. The van der Waals surface area contributed by atoms with Crippen LogP contribution >= 0.6 is 0 Å². The van der Waals surface area contributed by atoms with Gasteiger partial charge in [0.1, 0.15) is 12.4 Å². The number of hydrogen-bond donors (Lipinski definition) is 1. The molecule has 25 heavy (non-hydrogen) atoms. The zero-order chi connectivity index (χ0) is 17.2. The lowest BCUT2D eigenvalue weighted by Gasteiger charge is -2.13. The van der Waals surface area contributed by atoms with Crippen LogP contribution in [-0.4, -0.2) is 4.98 Å². The number of nitrogens with one attached hydrogen (secondary N) is 1. The van der Waals surface area contributed by atoms with Crippen LogP contribution in [0, 0.1) is 0 Å². The molecule has 124 valence electrons. The Morgan fingerprint density at radius 1 is 0.960 bits per heavy atom. The molecule has 0 radical (unpaired) electrons. The maximum atomic E-state index is 4.87. The summed E-state index contributed by atoms with van der Waals surface area (Å²) in [5.74, 6) is 0.945. The van der Waals surface area contributed by atoms with E-state index in [1.807, 2.05) is 6.07 Å². The smallest absolute Gasteiger partial charge is 0.214 e. The Labute approximate surface area is 148 Å². The molecule has 0 spiro atoms. The van der Waals surface area contributed by atoms with Crippen molar-refractivity contribution in [1.82, 2.24) is 4.98 Å². The number of hydrogen-bond acceptors (Lipinski definition) is 2. The standard InChI is InChI=1S/C22H21N3/c1-3-16-15-17-9-5-7-11-19(17)23-22(16)24-20-13-14-25(4-2)21-12-8-6-10-18(20)21/h5-15H,3-4H2,1-2H3/p+1. The number of para-hydroxylation sites is 2. The van der Waals surface area contributed by atoms with Gasteiger partial charge in [-0.05, 0) is 37.1 Å². The maximum absolute atomic E-state index is 4.87. The molecule has 0 fully saturated rings. The highest BCUT2D eigenvalue weighted by Gasteiger charge is 2.13. The first-order chi connectivity index (χ1) is 12.3. The number of aromatic nitrogens is 2. The number of benzene rings is 2. The SMILES string of the molecule is CCc1cc2ccccc2nc1Nc1cc[n+](CC)c2ccccc12. The van der Waals surface area contributed by atoms with E-state index >= 15 is 0 Å². The first kappa shape index (κ1) is 15.6. The average molecular weight is 328 g/mol. The molecule has 1 N–H and O–H groups in total. The molecular formula is C22H22N3+. The fourth-order valence-corrected chi connectivity index (χ4v) is 3.34. The molecule has 0 unspecified atom stereocenters. The second kappa shape index (κ2) is 6.52. The Morgan fingerprint density at radius 3 is 2.60 bits per heavy atom. The van der Waals surface area contributed by atoms with Crippen molar-refractivity contribution in [3.05, 3.63) is 72.4 Å². The lowest BCUT2D eigenvalue weighted by molar-refractivity contribution is -0.667. The third-order valence-electron chi connectivity index (χ3n) is 4.70. The van der Waals surface area contributed by atoms with E-state index in [1.165, 1.54) is 21.9 Å². The Kier molecular flexibility index (Phi) is 4.06. The number of fused-ring (bicyclic) bond motifs is 2. The Balaban J connectivity index is 1.85. The van der Waals surface area contributed by atoms with Gasteiger partial charge in [-0.3, -0.25) is 0 Å². The fourth-order valence-electron chi connectivity index (χ4n) is 3.34. The van der Waals surface area contributed by atoms with Gasteiger partial charge in [0, 0.05) is 17.5 Å². The second-order valence-corrected chi connectivity index (χ2v) is 6.20. The van der Waals surface area contributed by atoms with Crippen LogP contribution in [0.25, 0.3) is 21.8 Å². The predicted molar refractivity (Wildman–Crippen MR) is 104 cm³/mol. The summed E-state index contributed by atoms with van der Waals surface area (Å²) in [6, 6.07) is 21.2. The van der Waals surface area contributed by atoms with Crippen molar-refractivity contribution in [2.75, 3.05) is 5.32 Å². The highest BCUT2D eigenvalue weighted by atomic mass is 15.0. The van der Waals surface area contributed by atoms with Gasteiger partial charge in [0.25, 0.3) is 0 Å². The molecule has 2 aromatic heterocycles. The monoisotopic (exact) mass is 328 g/mol.